The summed E-state index contributed by atoms with van der Waals surface area (Å²) in [6.07, 6.45) is 7.17. The summed E-state index contributed by atoms with van der Waals surface area (Å²) in [5.74, 6) is 0.579. The van der Waals surface area contributed by atoms with Crippen molar-refractivity contribution in [2.75, 3.05) is 0 Å². The molecule has 3 rings (SSSR count). The van der Waals surface area contributed by atoms with Gasteiger partial charge in [0.1, 0.15) is 11.6 Å². The molecule has 2 aromatic carbocycles. The van der Waals surface area contributed by atoms with Crippen molar-refractivity contribution in [2.24, 2.45) is 11.3 Å². The van der Waals surface area contributed by atoms with Gasteiger partial charge in [-0.3, -0.25) is 4.79 Å². The summed E-state index contributed by atoms with van der Waals surface area (Å²) in [6.45, 7) is 6.96. The van der Waals surface area contributed by atoms with Gasteiger partial charge in [-0.1, -0.05) is 39.0 Å². The highest BCUT2D eigenvalue weighted by atomic mass is 19.1. The maximum absolute atomic E-state index is 14.4. The molecule has 1 saturated carbocycles. The SMILES string of the molecule is CC(C)(C)C1CCC(Oc2ccc(-c3cc(CCCCC(=O)O)ccc3F)cc2)CC1. The van der Waals surface area contributed by atoms with Gasteiger partial charge in [-0.15, -0.1) is 0 Å². The Kier molecular flexibility index (Phi) is 7.74. The lowest BCUT2D eigenvalue weighted by Gasteiger charge is -2.36. The Morgan fingerprint density at radius 2 is 1.71 bits per heavy atom. The van der Waals surface area contributed by atoms with Gasteiger partial charge in [-0.25, -0.2) is 4.39 Å². The van der Waals surface area contributed by atoms with Crippen LogP contribution in [0.15, 0.2) is 42.5 Å². The van der Waals surface area contributed by atoms with Crippen molar-refractivity contribution in [3.8, 4) is 16.9 Å². The molecule has 0 saturated heterocycles. The Morgan fingerprint density at radius 1 is 1.03 bits per heavy atom. The standard InChI is InChI=1S/C27H35FO3/c1-27(2,3)21-11-15-23(16-12-21)31-22-13-9-20(10-14-22)24-18-19(8-17-25(24)28)6-4-5-7-26(29)30/h8-10,13-14,17-18,21,23H,4-7,11-12,15-16H2,1-3H3,(H,29,30). The summed E-state index contributed by atoms with van der Waals surface area (Å²) in [5, 5.41) is 8.75. The van der Waals surface area contributed by atoms with Gasteiger partial charge >= 0.3 is 5.97 Å². The van der Waals surface area contributed by atoms with E-state index in [0.29, 0.717) is 17.4 Å². The summed E-state index contributed by atoms with van der Waals surface area (Å²) < 4.78 is 20.7. The van der Waals surface area contributed by atoms with Gasteiger partial charge in [0.25, 0.3) is 0 Å². The molecular formula is C27H35FO3. The van der Waals surface area contributed by atoms with Crippen molar-refractivity contribution >= 4 is 5.97 Å². The highest BCUT2D eigenvalue weighted by Crippen LogP contribution is 2.39. The summed E-state index contributed by atoms with van der Waals surface area (Å²) >= 11 is 0. The van der Waals surface area contributed by atoms with Crippen molar-refractivity contribution in [3.05, 3.63) is 53.8 Å². The van der Waals surface area contributed by atoms with Crippen LogP contribution in [0.3, 0.4) is 0 Å². The number of carboxylic acid groups (broad SMARTS) is 1. The fourth-order valence-electron chi connectivity index (χ4n) is 4.51. The molecule has 0 heterocycles. The minimum Gasteiger partial charge on any atom is -0.490 e. The van der Waals surface area contributed by atoms with Gasteiger partial charge in [0, 0.05) is 12.0 Å². The molecule has 0 spiro atoms. The van der Waals surface area contributed by atoms with E-state index in [2.05, 4.69) is 20.8 Å². The van der Waals surface area contributed by atoms with E-state index in [1.807, 2.05) is 30.3 Å². The number of carboxylic acids is 1. The normalized spacial score (nSPS) is 19.2. The van der Waals surface area contributed by atoms with Crippen LogP contribution >= 0.6 is 0 Å². The molecule has 168 valence electrons. The molecule has 31 heavy (non-hydrogen) atoms. The molecule has 0 bridgehead atoms. The predicted octanol–water partition coefficient (Wildman–Crippen LogP) is 7.27. The van der Waals surface area contributed by atoms with E-state index in [4.69, 9.17) is 9.84 Å². The molecule has 0 aromatic heterocycles. The minimum atomic E-state index is -0.774. The first kappa shape index (κ1) is 23.3. The third kappa shape index (κ3) is 6.81. The molecule has 1 fully saturated rings. The molecule has 0 atom stereocenters. The Morgan fingerprint density at radius 3 is 2.32 bits per heavy atom. The van der Waals surface area contributed by atoms with Gasteiger partial charge in [0.2, 0.25) is 0 Å². The highest BCUT2D eigenvalue weighted by Gasteiger charge is 2.30. The van der Waals surface area contributed by atoms with Crippen LogP contribution in [0, 0.1) is 17.2 Å². The topological polar surface area (TPSA) is 46.5 Å². The van der Waals surface area contributed by atoms with Gasteiger partial charge < -0.3 is 9.84 Å². The third-order valence-corrected chi connectivity index (χ3v) is 6.50. The van der Waals surface area contributed by atoms with E-state index in [0.717, 1.165) is 48.5 Å². The summed E-state index contributed by atoms with van der Waals surface area (Å²) in [4.78, 5) is 10.6. The number of ether oxygens (including phenoxy) is 1. The summed E-state index contributed by atoms with van der Waals surface area (Å²) in [5.41, 5.74) is 2.79. The number of hydrogen-bond donors (Lipinski definition) is 1. The second-order valence-corrected chi connectivity index (χ2v) is 9.90. The van der Waals surface area contributed by atoms with Crippen LogP contribution in [0.25, 0.3) is 11.1 Å². The maximum Gasteiger partial charge on any atom is 0.303 e. The number of aryl methyl sites for hydroxylation is 1. The van der Waals surface area contributed by atoms with Crippen molar-refractivity contribution < 1.29 is 19.0 Å². The average molecular weight is 427 g/mol. The lowest BCUT2D eigenvalue weighted by Crippen LogP contribution is -2.30. The molecule has 0 radical (unpaired) electrons. The molecule has 1 aliphatic carbocycles. The Balaban J connectivity index is 1.58. The smallest absolute Gasteiger partial charge is 0.303 e. The second-order valence-electron chi connectivity index (χ2n) is 9.90. The van der Waals surface area contributed by atoms with E-state index in [1.165, 1.54) is 18.9 Å². The number of unbranched alkanes of at least 4 members (excludes halogenated alkanes) is 1. The van der Waals surface area contributed by atoms with Crippen molar-refractivity contribution in [1.82, 2.24) is 0 Å². The average Bonchev–Trinajstić information content (AvgIpc) is 2.72. The number of aliphatic carboxylic acids is 1. The molecule has 2 aromatic rings. The van der Waals surface area contributed by atoms with E-state index < -0.39 is 5.97 Å². The molecule has 1 aliphatic rings. The first-order chi connectivity index (χ1) is 14.7. The number of carbonyl (C=O) groups is 1. The second kappa shape index (κ2) is 10.3. The van der Waals surface area contributed by atoms with Crippen LogP contribution < -0.4 is 4.74 Å². The number of benzene rings is 2. The molecule has 0 aliphatic heterocycles. The molecule has 0 amide bonds. The van der Waals surface area contributed by atoms with E-state index in [-0.39, 0.29) is 18.3 Å². The molecule has 0 unspecified atom stereocenters. The van der Waals surface area contributed by atoms with Gasteiger partial charge in [0.05, 0.1) is 6.10 Å². The first-order valence-corrected chi connectivity index (χ1v) is 11.5. The zero-order chi connectivity index (χ0) is 22.4. The number of hydrogen-bond acceptors (Lipinski definition) is 2. The van der Waals surface area contributed by atoms with Crippen LogP contribution in [0.4, 0.5) is 4.39 Å². The van der Waals surface area contributed by atoms with Crippen LogP contribution in [-0.2, 0) is 11.2 Å². The lowest BCUT2D eigenvalue weighted by molar-refractivity contribution is -0.137. The Bertz CT molecular complexity index is 859. The van der Waals surface area contributed by atoms with Gasteiger partial charge in [0.15, 0.2) is 0 Å². The molecule has 4 heteroatoms. The van der Waals surface area contributed by atoms with Crippen LogP contribution in [0.5, 0.6) is 5.75 Å². The van der Waals surface area contributed by atoms with Crippen LogP contribution in [0.1, 0.15) is 71.3 Å². The summed E-state index contributed by atoms with van der Waals surface area (Å²) in [6, 6.07) is 12.9. The van der Waals surface area contributed by atoms with Gasteiger partial charge in [-0.05, 0) is 91.7 Å². The zero-order valence-corrected chi connectivity index (χ0v) is 19.0. The molecule has 3 nitrogen and oxygen atoms in total. The minimum absolute atomic E-state index is 0.174. The highest BCUT2D eigenvalue weighted by molar-refractivity contribution is 5.67. The van der Waals surface area contributed by atoms with Crippen LogP contribution in [0.2, 0.25) is 0 Å². The summed E-state index contributed by atoms with van der Waals surface area (Å²) in [7, 11) is 0. The predicted molar refractivity (Wildman–Crippen MR) is 123 cm³/mol. The van der Waals surface area contributed by atoms with E-state index in [9.17, 15) is 9.18 Å². The molecular weight excluding hydrogens is 391 g/mol. The van der Waals surface area contributed by atoms with Crippen molar-refractivity contribution in [2.45, 2.75) is 78.2 Å². The maximum atomic E-state index is 14.4. The number of halogens is 1. The monoisotopic (exact) mass is 426 g/mol. The van der Waals surface area contributed by atoms with Crippen molar-refractivity contribution in [1.29, 1.82) is 0 Å². The van der Waals surface area contributed by atoms with Crippen LogP contribution in [-0.4, -0.2) is 17.2 Å². The zero-order valence-electron chi connectivity index (χ0n) is 19.0. The van der Waals surface area contributed by atoms with Gasteiger partial charge in [-0.2, -0.15) is 0 Å². The first-order valence-electron chi connectivity index (χ1n) is 11.5. The largest absolute Gasteiger partial charge is 0.490 e. The fourth-order valence-corrected chi connectivity index (χ4v) is 4.51. The Labute approximate surface area is 185 Å². The number of rotatable bonds is 8. The lowest BCUT2D eigenvalue weighted by atomic mass is 9.72. The quantitative estimate of drug-likeness (QED) is 0.451. The third-order valence-electron chi connectivity index (χ3n) is 6.50. The van der Waals surface area contributed by atoms with E-state index >= 15 is 0 Å². The molecule has 1 N–H and O–H groups in total. The Hall–Kier alpha value is -2.36. The fraction of sp³-hybridized carbons (Fsp3) is 0.519. The van der Waals surface area contributed by atoms with E-state index in [1.54, 1.807) is 6.07 Å². The van der Waals surface area contributed by atoms with Crippen molar-refractivity contribution in [3.63, 3.8) is 0 Å².